The fourth-order valence-electron chi connectivity index (χ4n) is 2.67. The summed E-state index contributed by atoms with van der Waals surface area (Å²) in [6, 6.07) is 18.2. The van der Waals surface area contributed by atoms with Crippen molar-refractivity contribution >= 4 is 78.6 Å². The smallest absolute Gasteiger partial charge is 0.137 e. The summed E-state index contributed by atoms with van der Waals surface area (Å²) >= 11 is 6.06. The Bertz CT molecular complexity index is 1170. The van der Waals surface area contributed by atoms with Crippen LogP contribution in [-0.2, 0) is 0 Å². The summed E-state index contributed by atoms with van der Waals surface area (Å²) in [5.74, 6) is 0.265. The lowest BCUT2D eigenvalue weighted by atomic mass is 10.2. The van der Waals surface area contributed by atoms with Crippen LogP contribution in [0.4, 0.5) is 5.69 Å². The molecule has 0 saturated heterocycles. The van der Waals surface area contributed by atoms with E-state index < -0.39 is 0 Å². The van der Waals surface area contributed by atoms with Crippen LogP contribution < -0.4 is 0 Å². The lowest BCUT2D eigenvalue weighted by Gasteiger charge is -2.03. The fraction of sp³-hybridized carbons (Fsp3) is 0.0476. The molecule has 1 heterocycles. The maximum absolute atomic E-state index is 10.2. The number of aromatic hydroxyl groups is 1. The summed E-state index contributed by atoms with van der Waals surface area (Å²) in [6.45, 7) is 2.10. The van der Waals surface area contributed by atoms with Crippen molar-refractivity contribution in [3.05, 3.63) is 72.9 Å². The Morgan fingerprint density at radius 2 is 1.81 bits per heavy atom. The van der Waals surface area contributed by atoms with Crippen molar-refractivity contribution in [1.29, 1.82) is 0 Å². The molecule has 0 spiro atoms. The molecule has 0 saturated carbocycles. The number of aliphatic imine (C=N–C) groups is 1. The molecule has 134 valence electrons. The number of benzene rings is 3. The molecule has 6 heteroatoms. The maximum Gasteiger partial charge on any atom is 0.137 e. The first kappa shape index (κ1) is 18.8. The molecule has 0 radical (unpaired) electrons. The second kappa shape index (κ2) is 7.84. The van der Waals surface area contributed by atoms with E-state index in [-0.39, 0.29) is 5.75 Å². The Morgan fingerprint density at radius 1 is 1.04 bits per heavy atom. The van der Waals surface area contributed by atoms with Gasteiger partial charge in [-0.2, -0.15) is 0 Å². The number of phenolic OH excluding ortho intramolecular Hbond substituents is 1. The van der Waals surface area contributed by atoms with Gasteiger partial charge in [0.15, 0.2) is 0 Å². The van der Waals surface area contributed by atoms with Crippen LogP contribution in [0.15, 0.2) is 59.6 Å². The molecule has 3 aromatic carbocycles. The van der Waals surface area contributed by atoms with Gasteiger partial charge in [-0.15, -0.1) is 11.3 Å². The van der Waals surface area contributed by atoms with Gasteiger partial charge in [0.1, 0.15) is 10.8 Å². The number of phenols is 1. The third-order valence-corrected chi connectivity index (χ3v) is 6.58. The number of thiazole rings is 1. The van der Waals surface area contributed by atoms with E-state index in [1.165, 1.54) is 10.3 Å². The molecule has 0 fully saturated rings. The molecular formula is C21H14I2N2OS. The lowest BCUT2D eigenvalue weighted by molar-refractivity contribution is 0.470. The van der Waals surface area contributed by atoms with Gasteiger partial charge in [-0.25, -0.2) is 4.98 Å². The second-order valence-electron chi connectivity index (χ2n) is 6.12. The van der Waals surface area contributed by atoms with Crippen LogP contribution in [0.25, 0.3) is 20.8 Å². The van der Waals surface area contributed by atoms with Crippen molar-refractivity contribution in [3.63, 3.8) is 0 Å². The van der Waals surface area contributed by atoms with Crippen molar-refractivity contribution in [3.8, 4) is 16.3 Å². The van der Waals surface area contributed by atoms with E-state index in [0.717, 1.165) is 34.5 Å². The van der Waals surface area contributed by atoms with E-state index >= 15 is 0 Å². The Balaban J connectivity index is 1.60. The average molecular weight is 596 g/mol. The quantitative estimate of drug-likeness (QED) is 0.206. The Labute approximate surface area is 188 Å². The molecule has 0 aliphatic rings. The van der Waals surface area contributed by atoms with Gasteiger partial charge in [0.05, 0.1) is 19.5 Å². The van der Waals surface area contributed by atoms with Crippen molar-refractivity contribution in [2.45, 2.75) is 6.92 Å². The van der Waals surface area contributed by atoms with Crippen molar-refractivity contribution in [2.75, 3.05) is 0 Å². The third-order valence-electron chi connectivity index (χ3n) is 4.07. The normalized spacial score (nSPS) is 11.5. The number of aryl methyl sites for hydroxylation is 1. The number of halogens is 2. The molecule has 3 nitrogen and oxygen atoms in total. The minimum atomic E-state index is 0.265. The summed E-state index contributed by atoms with van der Waals surface area (Å²) < 4.78 is 3.09. The molecule has 0 amide bonds. The molecule has 0 aliphatic carbocycles. The minimum Gasteiger partial charge on any atom is -0.506 e. The van der Waals surface area contributed by atoms with Crippen LogP contribution in [0.2, 0.25) is 0 Å². The first-order valence-electron chi connectivity index (χ1n) is 8.19. The van der Waals surface area contributed by atoms with Crippen molar-refractivity contribution in [2.24, 2.45) is 4.99 Å². The zero-order valence-electron chi connectivity index (χ0n) is 14.3. The molecule has 27 heavy (non-hydrogen) atoms. The molecule has 0 bridgehead atoms. The first-order valence-corrected chi connectivity index (χ1v) is 11.2. The van der Waals surface area contributed by atoms with Gasteiger partial charge in [-0.1, -0.05) is 6.07 Å². The summed E-state index contributed by atoms with van der Waals surface area (Å²) in [5.41, 5.74) is 4.92. The minimum absolute atomic E-state index is 0.265. The van der Waals surface area contributed by atoms with E-state index in [1.807, 2.05) is 36.4 Å². The van der Waals surface area contributed by atoms with Gasteiger partial charge >= 0.3 is 0 Å². The van der Waals surface area contributed by atoms with Crippen molar-refractivity contribution < 1.29 is 5.11 Å². The molecule has 0 unspecified atom stereocenters. The topological polar surface area (TPSA) is 45.5 Å². The lowest BCUT2D eigenvalue weighted by Crippen LogP contribution is -1.87. The van der Waals surface area contributed by atoms with Crippen LogP contribution in [0, 0.1) is 14.1 Å². The van der Waals surface area contributed by atoms with E-state index in [1.54, 1.807) is 17.6 Å². The second-order valence-corrected chi connectivity index (χ2v) is 9.56. The van der Waals surface area contributed by atoms with Gasteiger partial charge in [-0.3, -0.25) is 4.99 Å². The zero-order chi connectivity index (χ0) is 19.0. The molecule has 0 aliphatic heterocycles. The van der Waals surface area contributed by atoms with Gasteiger partial charge in [0.25, 0.3) is 0 Å². The Kier molecular flexibility index (Phi) is 5.47. The highest BCUT2D eigenvalue weighted by atomic mass is 127. The third kappa shape index (κ3) is 4.17. The molecule has 4 aromatic rings. The van der Waals surface area contributed by atoms with E-state index in [4.69, 9.17) is 4.98 Å². The number of rotatable bonds is 3. The maximum atomic E-state index is 10.2. The number of fused-ring (bicyclic) bond motifs is 1. The number of aromatic nitrogens is 1. The summed E-state index contributed by atoms with van der Waals surface area (Å²) in [7, 11) is 0. The van der Waals surface area contributed by atoms with Crippen molar-refractivity contribution in [1.82, 2.24) is 4.98 Å². The van der Waals surface area contributed by atoms with E-state index in [0.29, 0.717) is 0 Å². The molecule has 0 atom stereocenters. The monoisotopic (exact) mass is 596 g/mol. The zero-order valence-corrected chi connectivity index (χ0v) is 19.4. The van der Waals surface area contributed by atoms with Gasteiger partial charge in [0.2, 0.25) is 0 Å². The number of hydrogen-bond acceptors (Lipinski definition) is 4. The van der Waals surface area contributed by atoms with Gasteiger partial charge < -0.3 is 5.11 Å². The first-order chi connectivity index (χ1) is 13.0. The number of hydrogen-bond donors (Lipinski definition) is 1. The predicted octanol–water partition coefficient (Wildman–Crippen LogP) is 6.94. The molecule has 1 aromatic heterocycles. The molecular weight excluding hydrogens is 582 g/mol. The number of nitrogens with zero attached hydrogens (tertiary/aromatic N) is 2. The van der Waals surface area contributed by atoms with E-state index in [9.17, 15) is 5.11 Å². The van der Waals surface area contributed by atoms with Gasteiger partial charge in [-0.05, 0) is 106 Å². The highest BCUT2D eigenvalue weighted by Gasteiger charge is 2.07. The standard InChI is InChI=1S/C21H14I2N2OS/c1-12-2-7-18-19(8-12)27-21(25-18)13-3-5-16(6-4-13)24-11-14-9-15(22)10-17(23)20(14)26/h2-11,26H,1H3. The van der Waals surface area contributed by atoms with E-state index in [2.05, 4.69) is 75.3 Å². The molecule has 4 rings (SSSR count). The van der Waals surface area contributed by atoms with Crippen LogP contribution in [-0.4, -0.2) is 16.3 Å². The van der Waals surface area contributed by atoms with Crippen LogP contribution in [0.3, 0.4) is 0 Å². The SMILES string of the molecule is Cc1ccc2nc(-c3ccc(N=Cc4cc(I)cc(I)c4O)cc3)sc2c1. The summed E-state index contributed by atoms with van der Waals surface area (Å²) in [4.78, 5) is 9.22. The summed E-state index contributed by atoms with van der Waals surface area (Å²) in [5, 5.41) is 11.2. The molecule has 1 N–H and O–H groups in total. The van der Waals surface area contributed by atoms with Crippen LogP contribution in [0.5, 0.6) is 5.75 Å². The largest absolute Gasteiger partial charge is 0.506 e. The highest BCUT2D eigenvalue weighted by Crippen LogP contribution is 2.32. The Morgan fingerprint density at radius 3 is 2.59 bits per heavy atom. The predicted molar refractivity (Wildman–Crippen MR) is 131 cm³/mol. The van der Waals surface area contributed by atoms with Gasteiger partial charge in [0, 0.05) is 20.9 Å². The van der Waals surface area contributed by atoms with Crippen LogP contribution in [0.1, 0.15) is 11.1 Å². The summed E-state index contributed by atoms with van der Waals surface area (Å²) in [6.07, 6.45) is 1.70. The highest BCUT2D eigenvalue weighted by molar-refractivity contribution is 14.1. The average Bonchev–Trinajstić information content (AvgIpc) is 3.07. The van der Waals surface area contributed by atoms with Crippen LogP contribution >= 0.6 is 56.5 Å². The Hall–Kier alpha value is -1.52. The fourth-order valence-corrected chi connectivity index (χ4v) is 5.63.